The molecule has 0 saturated carbocycles. The van der Waals surface area contributed by atoms with Gasteiger partial charge in [0.1, 0.15) is 0 Å². The van der Waals surface area contributed by atoms with Gasteiger partial charge in [0.2, 0.25) is 6.04 Å². The minimum absolute atomic E-state index is 0.0716. The molecule has 0 spiro atoms. The van der Waals surface area contributed by atoms with Crippen molar-refractivity contribution in [1.82, 2.24) is 0 Å². The van der Waals surface area contributed by atoms with Gasteiger partial charge < -0.3 is 14.6 Å². The summed E-state index contributed by atoms with van der Waals surface area (Å²) in [7, 11) is 2.90. The van der Waals surface area contributed by atoms with E-state index in [0.29, 0.717) is 17.1 Å². The summed E-state index contributed by atoms with van der Waals surface area (Å²) >= 11 is 0. The van der Waals surface area contributed by atoms with E-state index in [1.165, 1.54) is 26.4 Å². The lowest BCUT2D eigenvalue weighted by Gasteiger charge is -2.12. The number of carboxylic acid groups (broad SMARTS) is 1. The summed E-state index contributed by atoms with van der Waals surface area (Å²) in [5.41, 5.74) is 0.393. The summed E-state index contributed by atoms with van der Waals surface area (Å²) in [5.74, 6) is -0.221. The van der Waals surface area contributed by atoms with Crippen molar-refractivity contribution in [3.05, 3.63) is 33.9 Å². The lowest BCUT2D eigenvalue weighted by Crippen LogP contribution is -2.12. The highest BCUT2D eigenvalue weighted by Gasteiger charge is 2.25. The average Bonchev–Trinajstić information content (AvgIpc) is 2.37. The zero-order valence-electron chi connectivity index (χ0n) is 10.7. The predicted octanol–water partition coefficient (Wildman–Crippen LogP) is 1.89. The fraction of sp³-hybridized carbons (Fsp3) is 0.417. The van der Waals surface area contributed by atoms with Crippen molar-refractivity contribution in [3.63, 3.8) is 0 Å². The van der Waals surface area contributed by atoms with Gasteiger partial charge in [-0.3, -0.25) is 14.9 Å². The number of carboxylic acids is 1. The van der Waals surface area contributed by atoms with E-state index in [1.807, 2.05) is 0 Å². The number of benzene rings is 1. The molecular weight excluding hydrogens is 254 g/mol. The Hall–Kier alpha value is -2.31. The van der Waals surface area contributed by atoms with Gasteiger partial charge >= 0.3 is 5.97 Å². The van der Waals surface area contributed by atoms with Crippen LogP contribution in [0.5, 0.6) is 11.5 Å². The van der Waals surface area contributed by atoms with E-state index in [0.717, 1.165) is 0 Å². The zero-order chi connectivity index (χ0) is 14.4. The van der Waals surface area contributed by atoms with E-state index >= 15 is 0 Å². The summed E-state index contributed by atoms with van der Waals surface area (Å²) in [6.07, 6.45) is -0.336. The molecule has 0 bridgehead atoms. The smallest absolute Gasteiger partial charge is 0.303 e. The Kier molecular flexibility index (Phi) is 5.11. The van der Waals surface area contributed by atoms with Crippen LogP contribution in [0.2, 0.25) is 0 Å². The number of nitro groups is 1. The van der Waals surface area contributed by atoms with Crippen molar-refractivity contribution in [1.29, 1.82) is 0 Å². The molecule has 0 aromatic heterocycles. The molecule has 1 aromatic carbocycles. The Bertz CT molecular complexity index is 473. The van der Waals surface area contributed by atoms with Gasteiger partial charge in [0.05, 0.1) is 20.6 Å². The van der Waals surface area contributed by atoms with Crippen molar-refractivity contribution in [2.24, 2.45) is 0 Å². The van der Waals surface area contributed by atoms with Crippen LogP contribution in [-0.4, -0.2) is 30.2 Å². The second-order valence-corrected chi connectivity index (χ2v) is 3.85. The lowest BCUT2D eigenvalue weighted by molar-refractivity contribution is -0.529. The minimum Gasteiger partial charge on any atom is -0.493 e. The summed E-state index contributed by atoms with van der Waals surface area (Å²) < 4.78 is 10.1. The molecule has 1 aromatic rings. The molecule has 0 heterocycles. The Morgan fingerprint density at radius 2 is 2.00 bits per heavy atom. The van der Waals surface area contributed by atoms with Gasteiger partial charge in [-0.25, -0.2) is 0 Å². The van der Waals surface area contributed by atoms with E-state index in [4.69, 9.17) is 14.6 Å². The first-order chi connectivity index (χ1) is 8.99. The number of hydrogen-bond acceptors (Lipinski definition) is 5. The third-order valence-electron chi connectivity index (χ3n) is 2.68. The molecule has 1 N–H and O–H groups in total. The number of aliphatic carboxylic acids is 1. The standard InChI is InChI=1S/C12H15NO6/c1-18-10-5-3-8(7-11(10)19-2)9(13(16)17)4-6-12(14)15/h3,5,7,9H,4,6H2,1-2H3,(H,14,15). The van der Waals surface area contributed by atoms with E-state index in [-0.39, 0.29) is 12.8 Å². The summed E-state index contributed by atoms with van der Waals surface area (Å²) in [4.78, 5) is 21.0. The van der Waals surface area contributed by atoms with Gasteiger partial charge in [-0.2, -0.15) is 0 Å². The number of hydrogen-bond donors (Lipinski definition) is 1. The van der Waals surface area contributed by atoms with Crippen LogP contribution in [0, 0.1) is 10.1 Å². The Morgan fingerprint density at radius 3 is 2.47 bits per heavy atom. The predicted molar refractivity (Wildman–Crippen MR) is 66.2 cm³/mol. The number of nitrogens with zero attached hydrogens (tertiary/aromatic N) is 1. The molecule has 0 saturated heterocycles. The van der Waals surface area contributed by atoms with Gasteiger partial charge in [-0.05, 0) is 18.2 Å². The lowest BCUT2D eigenvalue weighted by atomic mass is 10.0. The highest BCUT2D eigenvalue weighted by atomic mass is 16.6. The van der Waals surface area contributed by atoms with Gasteiger partial charge in [0.25, 0.3) is 0 Å². The van der Waals surface area contributed by atoms with Gasteiger partial charge in [-0.15, -0.1) is 0 Å². The maximum atomic E-state index is 11.0. The topological polar surface area (TPSA) is 98.9 Å². The Morgan fingerprint density at radius 1 is 1.37 bits per heavy atom. The quantitative estimate of drug-likeness (QED) is 0.599. The molecule has 0 fully saturated rings. The van der Waals surface area contributed by atoms with Crippen LogP contribution in [0.3, 0.4) is 0 Å². The maximum Gasteiger partial charge on any atom is 0.303 e. The van der Waals surface area contributed by atoms with E-state index < -0.39 is 16.9 Å². The summed E-state index contributed by atoms with van der Waals surface area (Å²) in [6, 6.07) is 3.52. The maximum absolute atomic E-state index is 11.0. The third-order valence-corrected chi connectivity index (χ3v) is 2.68. The molecule has 1 rings (SSSR count). The summed E-state index contributed by atoms with van der Waals surface area (Å²) in [5, 5.41) is 19.6. The van der Waals surface area contributed by atoms with Crippen LogP contribution in [0.4, 0.5) is 0 Å². The molecule has 7 nitrogen and oxygen atoms in total. The van der Waals surface area contributed by atoms with Crippen molar-refractivity contribution >= 4 is 5.97 Å². The zero-order valence-corrected chi connectivity index (χ0v) is 10.7. The van der Waals surface area contributed by atoms with E-state index in [2.05, 4.69) is 0 Å². The first-order valence-electron chi connectivity index (χ1n) is 5.56. The van der Waals surface area contributed by atoms with Crippen molar-refractivity contribution in [3.8, 4) is 11.5 Å². The minimum atomic E-state index is -1.07. The second-order valence-electron chi connectivity index (χ2n) is 3.85. The molecule has 1 unspecified atom stereocenters. The molecule has 0 aliphatic rings. The number of rotatable bonds is 7. The van der Waals surface area contributed by atoms with Gasteiger partial charge in [0.15, 0.2) is 11.5 Å². The molecule has 104 valence electrons. The fourth-order valence-corrected chi connectivity index (χ4v) is 1.71. The number of ether oxygens (including phenoxy) is 2. The fourth-order valence-electron chi connectivity index (χ4n) is 1.71. The summed E-state index contributed by atoms with van der Waals surface area (Å²) in [6.45, 7) is 0. The van der Waals surface area contributed by atoms with Crippen LogP contribution in [-0.2, 0) is 4.79 Å². The molecule has 1 atom stereocenters. The van der Waals surface area contributed by atoms with E-state index in [9.17, 15) is 14.9 Å². The van der Waals surface area contributed by atoms with Gasteiger partial charge in [0, 0.05) is 16.9 Å². The second kappa shape index (κ2) is 6.58. The van der Waals surface area contributed by atoms with Crippen molar-refractivity contribution in [2.45, 2.75) is 18.9 Å². The molecule has 7 heteroatoms. The molecule has 0 aliphatic carbocycles. The molecule has 0 amide bonds. The average molecular weight is 269 g/mol. The van der Waals surface area contributed by atoms with Crippen LogP contribution >= 0.6 is 0 Å². The van der Waals surface area contributed by atoms with Gasteiger partial charge in [-0.1, -0.05) is 0 Å². The molecule has 0 aliphatic heterocycles. The van der Waals surface area contributed by atoms with Crippen LogP contribution in [0.15, 0.2) is 18.2 Å². The Balaban J connectivity index is 3.02. The first-order valence-corrected chi connectivity index (χ1v) is 5.56. The molecule has 0 radical (unpaired) electrons. The van der Waals surface area contributed by atoms with Crippen LogP contribution in [0.25, 0.3) is 0 Å². The Labute approximate surface area is 109 Å². The normalized spacial score (nSPS) is 11.7. The van der Waals surface area contributed by atoms with Crippen LogP contribution in [0.1, 0.15) is 24.4 Å². The monoisotopic (exact) mass is 269 g/mol. The third kappa shape index (κ3) is 3.84. The largest absolute Gasteiger partial charge is 0.493 e. The van der Waals surface area contributed by atoms with Crippen LogP contribution < -0.4 is 9.47 Å². The molecular formula is C12H15NO6. The number of methoxy groups -OCH3 is 2. The molecule has 19 heavy (non-hydrogen) atoms. The van der Waals surface area contributed by atoms with E-state index in [1.54, 1.807) is 6.07 Å². The SMILES string of the molecule is COc1ccc(C(CCC(=O)O)[N+](=O)[O-])cc1OC. The highest BCUT2D eigenvalue weighted by molar-refractivity contribution is 5.66. The number of carbonyl (C=O) groups is 1. The van der Waals surface area contributed by atoms with Crippen molar-refractivity contribution < 1.29 is 24.3 Å². The van der Waals surface area contributed by atoms with Crippen molar-refractivity contribution in [2.75, 3.05) is 14.2 Å². The highest BCUT2D eigenvalue weighted by Crippen LogP contribution is 2.32. The first kappa shape index (κ1) is 14.7.